The second-order valence-corrected chi connectivity index (χ2v) is 7.94. The third-order valence-corrected chi connectivity index (χ3v) is 6.05. The van der Waals surface area contributed by atoms with Gasteiger partial charge in [-0.05, 0) is 6.42 Å². The lowest BCUT2D eigenvalue weighted by molar-refractivity contribution is -0.127. The standard InChI is InChI=1S/C17H29N5O3S/c1-3-4-5-6-22-13-14(20(2)16(24)19-15(13)23)18-17(22)26-12-9-21-7-10-25-11-8-21/h13-14H,3-12H2,1-2H3,(H,19,23,24). The minimum atomic E-state index is -0.413. The molecule has 3 heterocycles. The van der Waals surface area contributed by atoms with Crippen molar-refractivity contribution in [1.29, 1.82) is 0 Å². The lowest BCUT2D eigenvalue weighted by Gasteiger charge is -2.36. The van der Waals surface area contributed by atoms with E-state index in [1.807, 2.05) is 0 Å². The van der Waals surface area contributed by atoms with E-state index in [4.69, 9.17) is 9.73 Å². The molecule has 1 N–H and O–H groups in total. The Morgan fingerprint density at radius 2 is 2.00 bits per heavy atom. The number of nitrogens with one attached hydrogen (secondary N) is 1. The highest BCUT2D eigenvalue weighted by Gasteiger charge is 2.48. The Balaban J connectivity index is 1.63. The first-order chi connectivity index (χ1) is 12.6. The summed E-state index contributed by atoms with van der Waals surface area (Å²) in [5, 5.41) is 3.34. The molecule has 0 aliphatic carbocycles. The van der Waals surface area contributed by atoms with Gasteiger partial charge in [0.25, 0.3) is 5.91 Å². The zero-order chi connectivity index (χ0) is 18.5. The fraction of sp³-hybridized carbons (Fsp3) is 0.824. The van der Waals surface area contributed by atoms with Crippen LogP contribution in [0.5, 0.6) is 0 Å². The van der Waals surface area contributed by atoms with E-state index < -0.39 is 12.2 Å². The predicted molar refractivity (Wildman–Crippen MR) is 102 cm³/mol. The first kappa shape index (κ1) is 19.4. The molecule has 146 valence electrons. The van der Waals surface area contributed by atoms with Crippen molar-refractivity contribution in [3.05, 3.63) is 0 Å². The summed E-state index contributed by atoms with van der Waals surface area (Å²) >= 11 is 1.69. The molecule has 3 amide bonds. The predicted octanol–water partition coefficient (Wildman–Crippen LogP) is 0.790. The number of amides is 3. The Morgan fingerprint density at radius 1 is 1.23 bits per heavy atom. The Bertz CT molecular complexity index is 553. The Morgan fingerprint density at radius 3 is 2.73 bits per heavy atom. The van der Waals surface area contributed by atoms with Gasteiger partial charge < -0.3 is 14.5 Å². The smallest absolute Gasteiger partial charge is 0.325 e. The van der Waals surface area contributed by atoms with Crippen molar-refractivity contribution in [1.82, 2.24) is 20.0 Å². The van der Waals surface area contributed by atoms with Crippen LogP contribution in [-0.2, 0) is 9.53 Å². The average Bonchev–Trinajstić information content (AvgIpc) is 3.00. The fourth-order valence-corrected chi connectivity index (χ4v) is 4.56. The number of likely N-dealkylation sites (N-methyl/N-ethyl adjacent to an activating group) is 1. The number of ether oxygens (including phenoxy) is 1. The van der Waals surface area contributed by atoms with Crippen molar-refractivity contribution in [2.75, 3.05) is 52.2 Å². The van der Waals surface area contributed by atoms with Crippen LogP contribution in [0.2, 0.25) is 0 Å². The van der Waals surface area contributed by atoms with Gasteiger partial charge in [0.15, 0.2) is 17.4 Å². The van der Waals surface area contributed by atoms with E-state index in [0.717, 1.165) is 69.6 Å². The van der Waals surface area contributed by atoms with E-state index in [1.54, 1.807) is 18.8 Å². The van der Waals surface area contributed by atoms with Crippen LogP contribution in [0.3, 0.4) is 0 Å². The maximum atomic E-state index is 12.4. The summed E-state index contributed by atoms with van der Waals surface area (Å²) in [4.78, 5) is 35.1. The van der Waals surface area contributed by atoms with Crippen molar-refractivity contribution in [3.63, 3.8) is 0 Å². The van der Waals surface area contributed by atoms with Crippen LogP contribution in [0.4, 0.5) is 4.79 Å². The topological polar surface area (TPSA) is 77.5 Å². The number of carbonyl (C=O) groups excluding carboxylic acids is 2. The molecule has 0 saturated carbocycles. The molecule has 0 bridgehead atoms. The number of thioether (sulfide) groups is 1. The van der Waals surface area contributed by atoms with Gasteiger partial charge in [0, 0.05) is 39.0 Å². The van der Waals surface area contributed by atoms with E-state index in [9.17, 15) is 9.59 Å². The van der Waals surface area contributed by atoms with Crippen LogP contribution >= 0.6 is 11.8 Å². The van der Waals surface area contributed by atoms with Crippen LogP contribution in [0.25, 0.3) is 0 Å². The number of unbranched alkanes of at least 4 members (excludes halogenated alkanes) is 2. The SMILES string of the molecule is CCCCCN1C(SCCN2CCOCC2)=NC2C1C(=O)NC(=O)N2C. The Kier molecular flexibility index (Phi) is 6.77. The third-order valence-electron chi connectivity index (χ3n) is 5.07. The minimum Gasteiger partial charge on any atom is -0.379 e. The molecule has 3 aliphatic rings. The quantitative estimate of drug-likeness (QED) is 0.655. The van der Waals surface area contributed by atoms with E-state index in [2.05, 4.69) is 22.0 Å². The second kappa shape index (κ2) is 9.05. The molecule has 2 atom stereocenters. The van der Waals surface area contributed by atoms with Gasteiger partial charge in [-0.15, -0.1) is 0 Å². The Hall–Kier alpha value is -1.32. The summed E-state index contributed by atoms with van der Waals surface area (Å²) in [6.07, 6.45) is 2.86. The van der Waals surface area contributed by atoms with E-state index in [-0.39, 0.29) is 11.9 Å². The van der Waals surface area contributed by atoms with Crippen LogP contribution in [0.15, 0.2) is 4.99 Å². The van der Waals surface area contributed by atoms with E-state index >= 15 is 0 Å². The third kappa shape index (κ3) is 4.32. The number of hydrogen-bond acceptors (Lipinski definition) is 7. The molecule has 3 aliphatic heterocycles. The molecule has 2 saturated heterocycles. The number of fused-ring (bicyclic) bond motifs is 1. The van der Waals surface area contributed by atoms with E-state index in [0.29, 0.717) is 0 Å². The van der Waals surface area contributed by atoms with Gasteiger partial charge in [-0.1, -0.05) is 31.5 Å². The van der Waals surface area contributed by atoms with Crippen LogP contribution < -0.4 is 5.32 Å². The van der Waals surface area contributed by atoms with Crippen LogP contribution in [-0.4, -0.2) is 96.2 Å². The maximum Gasteiger partial charge on any atom is 0.325 e. The number of amidine groups is 1. The molecule has 8 nitrogen and oxygen atoms in total. The number of urea groups is 1. The molecular weight excluding hydrogens is 354 g/mol. The van der Waals surface area contributed by atoms with Gasteiger partial charge in [-0.2, -0.15) is 0 Å². The highest BCUT2D eigenvalue weighted by molar-refractivity contribution is 8.13. The van der Waals surface area contributed by atoms with Gasteiger partial charge in [-0.25, -0.2) is 9.79 Å². The molecule has 2 fully saturated rings. The first-order valence-corrected chi connectivity index (χ1v) is 10.5. The van der Waals surface area contributed by atoms with Crippen LogP contribution in [0.1, 0.15) is 26.2 Å². The minimum absolute atomic E-state index is 0.234. The molecule has 0 aromatic rings. The van der Waals surface area contributed by atoms with Gasteiger partial charge in [0.2, 0.25) is 0 Å². The summed E-state index contributed by atoms with van der Waals surface area (Å²) < 4.78 is 5.39. The van der Waals surface area contributed by atoms with Crippen molar-refractivity contribution < 1.29 is 14.3 Å². The number of carbonyl (C=O) groups is 2. The number of aliphatic imine (C=N–C) groups is 1. The fourth-order valence-electron chi connectivity index (χ4n) is 3.48. The van der Waals surface area contributed by atoms with Crippen molar-refractivity contribution in [2.45, 2.75) is 38.4 Å². The zero-order valence-electron chi connectivity index (χ0n) is 15.6. The molecule has 2 unspecified atom stereocenters. The number of nitrogens with zero attached hydrogens (tertiary/aromatic N) is 4. The normalized spacial score (nSPS) is 26.8. The zero-order valence-corrected chi connectivity index (χ0v) is 16.5. The molecule has 3 rings (SSSR count). The molecule has 26 heavy (non-hydrogen) atoms. The molecule has 0 aromatic heterocycles. The van der Waals surface area contributed by atoms with Gasteiger partial charge in [0.05, 0.1) is 13.2 Å². The van der Waals surface area contributed by atoms with Gasteiger partial charge >= 0.3 is 6.03 Å². The summed E-state index contributed by atoms with van der Waals surface area (Å²) in [5.74, 6) is 0.684. The summed E-state index contributed by atoms with van der Waals surface area (Å²) in [7, 11) is 1.70. The van der Waals surface area contributed by atoms with Gasteiger partial charge in [-0.3, -0.25) is 15.0 Å². The molecule has 0 aromatic carbocycles. The maximum absolute atomic E-state index is 12.4. The Labute approximate surface area is 159 Å². The number of morpholine rings is 1. The molecule has 0 spiro atoms. The number of hydrogen-bond donors (Lipinski definition) is 1. The first-order valence-electron chi connectivity index (χ1n) is 9.47. The molecule has 9 heteroatoms. The van der Waals surface area contributed by atoms with Gasteiger partial charge in [0.1, 0.15) is 0 Å². The van der Waals surface area contributed by atoms with Crippen molar-refractivity contribution >= 4 is 28.9 Å². The molecular formula is C17H29N5O3S. The molecule has 0 radical (unpaired) electrons. The highest BCUT2D eigenvalue weighted by atomic mass is 32.2. The average molecular weight is 384 g/mol. The largest absolute Gasteiger partial charge is 0.379 e. The lowest BCUT2D eigenvalue weighted by Crippen LogP contribution is -2.63. The second-order valence-electron chi connectivity index (χ2n) is 6.88. The summed E-state index contributed by atoms with van der Waals surface area (Å²) in [5.41, 5.74) is 0. The van der Waals surface area contributed by atoms with Crippen molar-refractivity contribution in [2.24, 2.45) is 4.99 Å². The van der Waals surface area contributed by atoms with E-state index in [1.165, 1.54) is 4.90 Å². The lowest BCUT2D eigenvalue weighted by atomic mass is 10.1. The summed E-state index contributed by atoms with van der Waals surface area (Å²) in [6, 6.07) is -0.770. The monoisotopic (exact) mass is 383 g/mol. The van der Waals surface area contributed by atoms with Crippen LogP contribution in [0, 0.1) is 0 Å². The van der Waals surface area contributed by atoms with Crippen molar-refractivity contribution in [3.8, 4) is 0 Å². The highest BCUT2D eigenvalue weighted by Crippen LogP contribution is 2.28. The summed E-state index contributed by atoms with van der Waals surface area (Å²) in [6.45, 7) is 7.48. The number of imide groups is 1. The number of rotatable bonds is 7.